The van der Waals surface area contributed by atoms with Crippen LogP contribution in [-0.2, 0) is 0 Å². The molecule has 1 aromatic carbocycles. The zero-order valence-corrected chi connectivity index (χ0v) is 13.1. The highest BCUT2D eigenvalue weighted by Crippen LogP contribution is 2.21. The molecule has 1 aromatic heterocycles. The Hall–Kier alpha value is -2.14. The number of rotatable bonds is 4. The molecule has 1 saturated heterocycles. The molecule has 3 rings (SSSR count). The smallest absolute Gasteiger partial charge is 0.161 e. The van der Waals surface area contributed by atoms with Crippen molar-refractivity contribution < 1.29 is 4.74 Å². The van der Waals surface area contributed by atoms with Gasteiger partial charge in [-0.3, -0.25) is 0 Å². The van der Waals surface area contributed by atoms with Gasteiger partial charge in [-0.25, -0.2) is 9.97 Å². The summed E-state index contributed by atoms with van der Waals surface area (Å²) in [6, 6.07) is 10.3. The maximum Gasteiger partial charge on any atom is 0.161 e. The number of benzene rings is 1. The van der Waals surface area contributed by atoms with Crippen LogP contribution in [0.5, 0.6) is 5.75 Å². The second-order valence-corrected chi connectivity index (χ2v) is 5.63. The Kier molecular flexibility index (Phi) is 4.53. The maximum absolute atomic E-state index is 5.19. The predicted molar refractivity (Wildman–Crippen MR) is 88.3 cm³/mol. The quantitative estimate of drug-likeness (QED) is 0.908. The average Bonchev–Trinajstić information content (AvgIpc) is 2.55. The van der Waals surface area contributed by atoms with Gasteiger partial charge in [-0.15, -0.1) is 0 Å². The third kappa shape index (κ3) is 3.54. The molecule has 1 atom stereocenters. The third-order valence-corrected chi connectivity index (χ3v) is 3.85. The van der Waals surface area contributed by atoms with Crippen molar-refractivity contribution in [1.82, 2.24) is 15.3 Å². The summed E-state index contributed by atoms with van der Waals surface area (Å²) in [5, 5.41) is 6.92. The zero-order chi connectivity index (χ0) is 15.4. The van der Waals surface area contributed by atoms with Crippen molar-refractivity contribution in [2.24, 2.45) is 0 Å². The molecule has 1 aliphatic rings. The number of aromatic nitrogens is 2. The summed E-state index contributed by atoms with van der Waals surface area (Å²) in [7, 11) is 1.67. The number of hydrogen-bond donors (Lipinski definition) is 2. The molecule has 22 heavy (non-hydrogen) atoms. The van der Waals surface area contributed by atoms with Gasteiger partial charge in [0.1, 0.15) is 11.6 Å². The largest absolute Gasteiger partial charge is 0.497 e. The van der Waals surface area contributed by atoms with Gasteiger partial charge in [0, 0.05) is 29.9 Å². The van der Waals surface area contributed by atoms with Gasteiger partial charge in [-0.05, 0) is 50.6 Å². The highest BCUT2D eigenvalue weighted by atomic mass is 16.5. The maximum atomic E-state index is 5.19. The van der Waals surface area contributed by atoms with Crippen LogP contribution in [0, 0.1) is 6.92 Å². The highest BCUT2D eigenvalue weighted by Gasteiger charge is 2.14. The van der Waals surface area contributed by atoms with E-state index in [0.29, 0.717) is 6.04 Å². The van der Waals surface area contributed by atoms with Crippen LogP contribution in [0.15, 0.2) is 30.3 Å². The topological polar surface area (TPSA) is 59.1 Å². The summed E-state index contributed by atoms with van der Waals surface area (Å²) in [4.78, 5) is 9.21. The minimum absolute atomic E-state index is 0.437. The number of methoxy groups -OCH3 is 1. The van der Waals surface area contributed by atoms with E-state index in [1.54, 1.807) is 7.11 Å². The first-order chi connectivity index (χ1) is 10.7. The van der Waals surface area contributed by atoms with Gasteiger partial charge >= 0.3 is 0 Å². The van der Waals surface area contributed by atoms with Crippen LogP contribution in [-0.4, -0.2) is 36.2 Å². The summed E-state index contributed by atoms with van der Waals surface area (Å²) in [6.07, 6.45) is 2.38. The average molecular weight is 298 g/mol. The minimum Gasteiger partial charge on any atom is -0.497 e. The fourth-order valence-corrected chi connectivity index (χ4v) is 2.70. The van der Waals surface area contributed by atoms with E-state index < -0.39 is 0 Å². The molecule has 0 spiro atoms. The van der Waals surface area contributed by atoms with E-state index in [4.69, 9.17) is 4.74 Å². The number of nitrogens with zero attached hydrogens (tertiary/aromatic N) is 2. The van der Waals surface area contributed by atoms with E-state index in [-0.39, 0.29) is 0 Å². The molecule has 0 amide bonds. The van der Waals surface area contributed by atoms with Gasteiger partial charge in [-0.2, -0.15) is 0 Å². The Morgan fingerprint density at radius 3 is 2.73 bits per heavy atom. The third-order valence-electron chi connectivity index (χ3n) is 3.85. The fraction of sp³-hybridized carbons (Fsp3) is 0.412. The van der Waals surface area contributed by atoms with E-state index in [0.717, 1.165) is 41.7 Å². The molecule has 5 heteroatoms. The summed E-state index contributed by atoms with van der Waals surface area (Å²) in [6.45, 7) is 4.10. The Balaban J connectivity index is 1.81. The van der Waals surface area contributed by atoms with Gasteiger partial charge in [0.05, 0.1) is 7.11 Å². The van der Waals surface area contributed by atoms with Crippen molar-refractivity contribution in [3.05, 3.63) is 36.0 Å². The van der Waals surface area contributed by atoms with Crippen molar-refractivity contribution in [3.63, 3.8) is 0 Å². The molecule has 5 nitrogen and oxygen atoms in total. The minimum atomic E-state index is 0.437. The standard InChI is InChI=1S/C17H22N4O/c1-12-10-16(20-14-4-3-9-18-11-14)21-17(19-12)13-5-7-15(22-2)8-6-13/h5-8,10,14,18H,3-4,9,11H2,1-2H3,(H,19,20,21). The zero-order valence-electron chi connectivity index (χ0n) is 13.1. The molecule has 1 aliphatic heterocycles. The van der Waals surface area contributed by atoms with Gasteiger partial charge in [-0.1, -0.05) is 0 Å². The molecule has 116 valence electrons. The Bertz CT molecular complexity index is 621. The highest BCUT2D eigenvalue weighted by molar-refractivity contribution is 5.58. The molecule has 2 N–H and O–H groups in total. The number of aryl methyl sites for hydroxylation is 1. The molecule has 2 heterocycles. The molecular weight excluding hydrogens is 276 g/mol. The normalized spacial score (nSPS) is 18.0. The van der Waals surface area contributed by atoms with Crippen molar-refractivity contribution >= 4 is 5.82 Å². The summed E-state index contributed by atoms with van der Waals surface area (Å²) < 4.78 is 5.19. The summed E-state index contributed by atoms with van der Waals surface area (Å²) in [5.74, 6) is 2.48. The van der Waals surface area contributed by atoms with Crippen LogP contribution < -0.4 is 15.4 Å². The Labute approximate surface area is 131 Å². The van der Waals surface area contributed by atoms with Crippen LogP contribution in [0.3, 0.4) is 0 Å². The van der Waals surface area contributed by atoms with Gasteiger partial charge < -0.3 is 15.4 Å². The second kappa shape index (κ2) is 6.75. The van der Waals surface area contributed by atoms with Crippen LogP contribution in [0.25, 0.3) is 11.4 Å². The first kappa shape index (κ1) is 14.8. The number of hydrogen-bond acceptors (Lipinski definition) is 5. The number of anilines is 1. The molecule has 0 radical (unpaired) electrons. The monoisotopic (exact) mass is 298 g/mol. The van der Waals surface area contributed by atoms with Crippen LogP contribution in [0.1, 0.15) is 18.5 Å². The molecule has 2 aromatic rings. The van der Waals surface area contributed by atoms with Crippen LogP contribution >= 0.6 is 0 Å². The SMILES string of the molecule is COc1ccc(-c2nc(C)cc(NC3CCCNC3)n2)cc1. The number of nitrogens with one attached hydrogen (secondary N) is 2. The van der Waals surface area contributed by atoms with E-state index in [1.165, 1.54) is 12.8 Å². The second-order valence-electron chi connectivity index (χ2n) is 5.63. The first-order valence-corrected chi connectivity index (χ1v) is 7.72. The lowest BCUT2D eigenvalue weighted by atomic mass is 10.1. The fourth-order valence-electron chi connectivity index (χ4n) is 2.70. The number of piperidine rings is 1. The van der Waals surface area contributed by atoms with Crippen LogP contribution in [0.2, 0.25) is 0 Å². The molecule has 1 fully saturated rings. The van der Waals surface area contributed by atoms with E-state index in [9.17, 15) is 0 Å². The predicted octanol–water partition coefficient (Wildman–Crippen LogP) is 2.62. The van der Waals surface area contributed by atoms with E-state index in [1.807, 2.05) is 37.3 Å². The van der Waals surface area contributed by atoms with Crippen LogP contribution in [0.4, 0.5) is 5.82 Å². The van der Waals surface area contributed by atoms with E-state index in [2.05, 4.69) is 20.6 Å². The Morgan fingerprint density at radius 1 is 1.23 bits per heavy atom. The number of ether oxygens (including phenoxy) is 1. The van der Waals surface area contributed by atoms with Crippen molar-refractivity contribution in [2.45, 2.75) is 25.8 Å². The van der Waals surface area contributed by atoms with Gasteiger partial charge in [0.15, 0.2) is 5.82 Å². The summed E-state index contributed by atoms with van der Waals surface area (Å²) >= 11 is 0. The van der Waals surface area contributed by atoms with Crippen molar-refractivity contribution in [1.29, 1.82) is 0 Å². The van der Waals surface area contributed by atoms with E-state index >= 15 is 0 Å². The lowest BCUT2D eigenvalue weighted by Gasteiger charge is -2.24. The first-order valence-electron chi connectivity index (χ1n) is 7.72. The molecule has 0 saturated carbocycles. The van der Waals surface area contributed by atoms with Gasteiger partial charge in [0.2, 0.25) is 0 Å². The summed E-state index contributed by atoms with van der Waals surface area (Å²) in [5.41, 5.74) is 1.96. The molecule has 0 bridgehead atoms. The molecule has 0 aliphatic carbocycles. The molecular formula is C17H22N4O. The van der Waals surface area contributed by atoms with Crippen molar-refractivity contribution in [2.75, 3.05) is 25.5 Å². The lowest BCUT2D eigenvalue weighted by Crippen LogP contribution is -2.38. The Morgan fingerprint density at radius 2 is 2.05 bits per heavy atom. The molecule has 1 unspecified atom stereocenters. The van der Waals surface area contributed by atoms with Gasteiger partial charge in [0.25, 0.3) is 0 Å². The van der Waals surface area contributed by atoms with Crippen molar-refractivity contribution in [3.8, 4) is 17.1 Å². The lowest BCUT2D eigenvalue weighted by molar-refractivity contribution is 0.415.